The molecule has 1 N–H and O–H groups in total. The summed E-state index contributed by atoms with van der Waals surface area (Å²) < 4.78 is 48.0. The minimum atomic E-state index is -4.54. The van der Waals surface area contributed by atoms with Gasteiger partial charge >= 0.3 is 12.1 Å². The highest BCUT2D eigenvalue weighted by molar-refractivity contribution is 5.85. The van der Waals surface area contributed by atoms with Gasteiger partial charge in [-0.25, -0.2) is 0 Å². The summed E-state index contributed by atoms with van der Waals surface area (Å²) in [5.41, 5.74) is 0.224. The van der Waals surface area contributed by atoms with Gasteiger partial charge in [-0.3, -0.25) is 14.7 Å². The highest BCUT2D eigenvalue weighted by Gasteiger charge is 2.37. The number of rotatable bonds is 6. The van der Waals surface area contributed by atoms with Crippen molar-refractivity contribution in [3.8, 4) is 5.75 Å². The summed E-state index contributed by atoms with van der Waals surface area (Å²) in [5, 5.41) is 9.11. The lowest BCUT2D eigenvalue weighted by Gasteiger charge is -2.31. The van der Waals surface area contributed by atoms with Gasteiger partial charge in [0.25, 0.3) is 0 Å². The summed E-state index contributed by atoms with van der Waals surface area (Å²) in [7, 11) is 0. The van der Waals surface area contributed by atoms with Gasteiger partial charge in [-0.05, 0) is 75.1 Å². The Bertz CT molecular complexity index is 987. The van der Waals surface area contributed by atoms with Crippen LogP contribution in [0.5, 0.6) is 5.75 Å². The zero-order valence-corrected chi connectivity index (χ0v) is 18.9. The number of hydrogen-bond acceptors (Lipinski definition) is 4. The zero-order chi connectivity index (χ0) is 23.6. The smallest absolute Gasteiger partial charge is 0.420 e. The van der Waals surface area contributed by atoms with Crippen LogP contribution in [-0.4, -0.2) is 40.2 Å². The van der Waals surface area contributed by atoms with E-state index in [9.17, 15) is 18.0 Å². The number of likely N-dealkylation sites (tertiary alicyclic amines) is 1. The van der Waals surface area contributed by atoms with E-state index in [4.69, 9.17) is 9.84 Å². The van der Waals surface area contributed by atoms with Crippen LogP contribution in [0.25, 0.3) is 10.9 Å². The number of nitrogens with zero attached hydrogens (tertiary/aromatic N) is 2. The molecule has 0 bridgehead atoms. The molecule has 1 aliphatic carbocycles. The van der Waals surface area contributed by atoms with Crippen molar-refractivity contribution in [3.05, 3.63) is 35.5 Å². The Balaban J connectivity index is 1.55. The van der Waals surface area contributed by atoms with Gasteiger partial charge in [0.05, 0.1) is 17.3 Å². The van der Waals surface area contributed by atoms with Gasteiger partial charge in [0.1, 0.15) is 11.3 Å². The second-order valence-corrected chi connectivity index (χ2v) is 9.65. The molecular formula is C25H31F3N2O3. The molecule has 2 aliphatic rings. The fourth-order valence-electron chi connectivity index (χ4n) is 5.17. The van der Waals surface area contributed by atoms with Gasteiger partial charge in [-0.1, -0.05) is 13.0 Å². The van der Waals surface area contributed by atoms with Crippen LogP contribution in [0, 0.1) is 11.8 Å². The lowest BCUT2D eigenvalue weighted by molar-refractivity contribution is -0.139. The van der Waals surface area contributed by atoms with Gasteiger partial charge in [0.15, 0.2) is 0 Å². The average Bonchev–Trinajstić information content (AvgIpc) is 2.74. The first-order chi connectivity index (χ1) is 15.7. The van der Waals surface area contributed by atoms with Crippen LogP contribution in [0.3, 0.4) is 0 Å². The third kappa shape index (κ3) is 5.96. The largest absolute Gasteiger partial charge is 0.490 e. The molecule has 0 radical (unpaired) electrons. The van der Waals surface area contributed by atoms with Crippen LogP contribution < -0.4 is 4.74 Å². The molecule has 8 heteroatoms. The van der Waals surface area contributed by atoms with Crippen molar-refractivity contribution in [2.45, 2.75) is 70.7 Å². The number of hydrogen-bond donors (Lipinski definition) is 1. The Morgan fingerprint density at radius 1 is 1.15 bits per heavy atom. The summed E-state index contributed by atoms with van der Waals surface area (Å²) >= 11 is 0. The normalized spacial score (nSPS) is 24.7. The zero-order valence-electron chi connectivity index (χ0n) is 18.9. The van der Waals surface area contributed by atoms with Crippen molar-refractivity contribution in [2.24, 2.45) is 11.8 Å². The Kier molecular flexibility index (Phi) is 7.12. The van der Waals surface area contributed by atoms with E-state index in [-0.39, 0.29) is 29.6 Å². The number of aromatic nitrogens is 1. The number of carboxylic acids is 1. The third-order valence-corrected chi connectivity index (χ3v) is 6.88. The standard InChI is InChI=1S/C25H31F3N2O3/c1-16-4-7-19(8-5-16)33-22-11-10-21-20(24(22)25(26,27)28)9-6-18(29-21)15-30-12-2-3-17(14-30)13-23(31)32/h6,9-11,16-17,19H,2-5,7-8,12-15H2,1H3,(H,31,32)/t16?,17-,19?/m1/s1. The molecule has 1 atom stereocenters. The molecule has 0 amide bonds. The number of carboxylic acid groups (broad SMARTS) is 1. The van der Waals surface area contributed by atoms with Crippen LogP contribution in [0.15, 0.2) is 24.3 Å². The summed E-state index contributed by atoms with van der Waals surface area (Å²) in [6.45, 7) is 4.14. The van der Waals surface area contributed by atoms with E-state index in [0.717, 1.165) is 45.1 Å². The Morgan fingerprint density at radius 3 is 2.61 bits per heavy atom. The summed E-state index contributed by atoms with van der Waals surface area (Å²) in [6.07, 6.45) is 0.665. The summed E-state index contributed by atoms with van der Waals surface area (Å²) in [4.78, 5) is 17.7. The first-order valence-electron chi connectivity index (χ1n) is 11.8. The van der Waals surface area contributed by atoms with E-state index in [1.54, 1.807) is 12.1 Å². The number of aliphatic carboxylic acids is 1. The van der Waals surface area contributed by atoms with Crippen LogP contribution in [-0.2, 0) is 17.5 Å². The lowest BCUT2D eigenvalue weighted by Crippen LogP contribution is -2.36. The number of pyridine rings is 1. The average molecular weight is 465 g/mol. The summed E-state index contributed by atoms with van der Waals surface area (Å²) in [5.74, 6) is -0.232. The van der Waals surface area contributed by atoms with E-state index in [1.165, 1.54) is 12.1 Å². The predicted octanol–water partition coefficient (Wildman–Crippen LogP) is 5.90. The number of alkyl halides is 3. The minimum absolute atomic E-state index is 0.0512. The van der Waals surface area contributed by atoms with E-state index in [2.05, 4.69) is 16.8 Å². The third-order valence-electron chi connectivity index (χ3n) is 6.88. The van der Waals surface area contributed by atoms with Crippen molar-refractivity contribution in [1.82, 2.24) is 9.88 Å². The topological polar surface area (TPSA) is 62.7 Å². The molecule has 1 aromatic carbocycles. The minimum Gasteiger partial charge on any atom is -0.490 e. The number of fused-ring (bicyclic) bond motifs is 1. The molecule has 2 aromatic rings. The molecular weight excluding hydrogens is 433 g/mol. The fraction of sp³-hybridized carbons (Fsp3) is 0.600. The highest BCUT2D eigenvalue weighted by atomic mass is 19.4. The number of halogens is 3. The number of carbonyl (C=O) groups is 1. The molecule has 0 unspecified atom stereocenters. The maximum Gasteiger partial charge on any atom is 0.420 e. The first kappa shape index (κ1) is 23.8. The van der Waals surface area contributed by atoms with E-state index in [1.807, 2.05) is 0 Å². The molecule has 0 spiro atoms. The molecule has 1 saturated carbocycles. The Labute approximate surface area is 191 Å². The molecule has 1 aliphatic heterocycles. The Hall–Kier alpha value is -2.35. The van der Waals surface area contributed by atoms with Gasteiger partial charge in [0, 0.05) is 24.9 Å². The van der Waals surface area contributed by atoms with Gasteiger partial charge < -0.3 is 9.84 Å². The molecule has 2 heterocycles. The monoisotopic (exact) mass is 464 g/mol. The van der Waals surface area contributed by atoms with E-state index >= 15 is 0 Å². The van der Waals surface area contributed by atoms with Crippen molar-refractivity contribution < 1.29 is 27.8 Å². The molecule has 1 aromatic heterocycles. The maximum absolute atomic E-state index is 14.1. The van der Waals surface area contributed by atoms with Gasteiger partial charge in [-0.2, -0.15) is 13.2 Å². The number of piperidine rings is 1. The SMILES string of the molecule is CC1CCC(Oc2ccc3nc(CN4CCC[C@H](CC(=O)O)C4)ccc3c2C(F)(F)F)CC1. The summed E-state index contributed by atoms with van der Waals surface area (Å²) in [6, 6.07) is 6.15. The van der Waals surface area contributed by atoms with E-state index < -0.39 is 17.7 Å². The van der Waals surface area contributed by atoms with E-state index in [0.29, 0.717) is 30.2 Å². The highest BCUT2D eigenvalue weighted by Crippen LogP contribution is 2.42. The second kappa shape index (κ2) is 9.87. The van der Waals surface area contributed by atoms with Crippen LogP contribution in [0.1, 0.15) is 63.1 Å². The molecule has 1 saturated heterocycles. The molecule has 4 rings (SSSR count). The lowest BCUT2D eigenvalue weighted by atomic mass is 9.89. The second-order valence-electron chi connectivity index (χ2n) is 9.65. The van der Waals surface area contributed by atoms with Crippen LogP contribution in [0.2, 0.25) is 0 Å². The van der Waals surface area contributed by atoms with Crippen molar-refractivity contribution in [3.63, 3.8) is 0 Å². The van der Waals surface area contributed by atoms with Gasteiger partial charge in [-0.15, -0.1) is 0 Å². The van der Waals surface area contributed by atoms with Crippen LogP contribution >= 0.6 is 0 Å². The molecule has 33 heavy (non-hydrogen) atoms. The van der Waals surface area contributed by atoms with Crippen molar-refractivity contribution in [2.75, 3.05) is 13.1 Å². The van der Waals surface area contributed by atoms with Crippen molar-refractivity contribution in [1.29, 1.82) is 0 Å². The molecule has 180 valence electrons. The quantitative estimate of drug-likeness (QED) is 0.577. The van der Waals surface area contributed by atoms with Crippen molar-refractivity contribution >= 4 is 16.9 Å². The fourth-order valence-corrected chi connectivity index (χ4v) is 5.17. The molecule has 2 fully saturated rings. The maximum atomic E-state index is 14.1. The first-order valence-corrected chi connectivity index (χ1v) is 11.8. The van der Waals surface area contributed by atoms with Crippen LogP contribution in [0.4, 0.5) is 13.2 Å². The Morgan fingerprint density at radius 2 is 1.91 bits per heavy atom. The van der Waals surface area contributed by atoms with Gasteiger partial charge in [0.2, 0.25) is 0 Å². The molecule has 5 nitrogen and oxygen atoms in total. The number of ether oxygens (including phenoxy) is 1. The number of benzene rings is 1. The predicted molar refractivity (Wildman–Crippen MR) is 119 cm³/mol.